The van der Waals surface area contributed by atoms with E-state index in [1.54, 1.807) is 0 Å². The second-order valence-electron chi connectivity index (χ2n) is 2.49. The van der Waals surface area contributed by atoms with Gasteiger partial charge in [0.2, 0.25) is 0 Å². The normalized spacial score (nSPS) is 10.0. The highest BCUT2D eigenvalue weighted by Gasteiger charge is 2.28. The van der Waals surface area contributed by atoms with E-state index >= 15 is 0 Å². The van der Waals surface area contributed by atoms with E-state index in [2.05, 4.69) is 4.98 Å². The molecule has 0 aliphatic rings. The molecular formula is C7H4F2N4O2. The Morgan fingerprint density at radius 3 is 2.67 bits per heavy atom. The number of nitrogen functional groups attached to an aromatic ring is 1. The monoisotopic (exact) mass is 214 g/mol. The van der Waals surface area contributed by atoms with Gasteiger partial charge in [-0.1, -0.05) is 0 Å². The van der Waals surface area contributed by atoms with Crippen molar-refractivity contribution in [1.82, 2.24) is 4.98 Å². The summed E-state index contributed by atoms with van der Waals surface area (Å²) in [5, 5.41) is 18.9. The Morgan fingerprint density at radius 2 is 2.27 bits per heavy atom. The van der Waals surface area contributed by atoms with E-state index < -0.39 is 34.0 Å². The summed E-state index contributed by atoms with van der Waals surface area (Å²) in [5.74, 6) is -0.446. The molecule has 6 nitrogen and oxygen atoms in total. The van der Waals surface area contributed by atoms with Crippen LogP contribution in [0.4, 0.5) is 20.3 Å². The van der Waals surface area contributed by atoms with Crippen LogP contribution in [0.25, 0.3) is 0 Å². The zero-order valence-electron chi connectivity index (χ0n) is 7.15. The number of nitrogens with two attached hydrogens (primary N) is 1. The summed E-state index contributed by atoms with van der Waals surface area (Å²) in [4.78, 5) is 12.6. The number of pyridine rings is 1. The van der Waals surface area contributed by atoms with Crippen molar-refractivity contribution >= 4 is 11.5 Å². The molecule has 1 aromatic rings. The molecule has 0 aliphatic heterocycles. The molecule has 0 amide bonds. The van der Waals surface area contributed by atoms with E-state index in [-0.39, 0.29) is 0 Å². The Bertz CT molecular complexity index is 455. The molecule has 0 bridgehead atoms. The van der Waals surface area contributed by atoms with Crippen LogP contribution < -0.4 is 5.73 Å². The van der Waals surface area contributed by atoms with Crippen LogP contribution in [0.3, 0.4) is 0 Å². The van der Waals surface area contributed by atoms with E-state index in [4.69, 9.17) is 11.0 Å². The molecular weight excluding hydrogens is 210 g/mol. The molecule has 1 rings (SSSR count). The van der Waals surface area contributed by atoms with Crippen molar-refractivity contribution in [2.45, 2.75) is 6.43 Å². The second kappa shape index (κ2) is 3.83. The van der Waals surface area contributed by atoms with Crippen LogP contribution >= 0.6 is 0 Å². The molecule has 0 atom stereocenters. The summed E-state index contributed by atoms with van der Waals surface area (Å²) < 4.78 is 25.0. The lowest BCUT2D eigenvalue weighted by molar-refractivity contribution is -0.386. The Labute approximate surface area is 82.1 Å². The highest BCUT2D eigenvalue weighted by molar-refractivity contribution is 5.60. The molecule has 0 fully saturated rings. The fourth-order valence-corrected chi connectivity index (χ4v) is 1.01. The number of halogens is 2. The van der Waals surface area contributed by atoms with Gasteiger partial charge in [-0.3, -0.25) is 10.1 Å². The minimum Gasteiger partial charge on any atom is -0.383 e. The molecule has 8 heteroatoms. The van der Waals surface area contributed by atoms with Crippen molar-refractivity contribution in [3.63, 3.8) is 0 Å². The van der Waals surface area contributed by atoms with E-state index in [9.17, 15) is 18.9 Å². The summed E-state index contributed by atoms with van der Waals surface area (Å²) in [6.07, 6.45) is -2.54. The number of hydrogen-bond donors (Lipinski definition) is 1. The predicted molar refractivity (Wildman–Crippen MR) is 45.0 cm³/mol. The van der Waals surface area contributed by atoms with Crippen LogP contribution in [-0.2, 0) is 0 Å². The first kappa shape index (κ1) is 10.8. The molecule has 0 unspecified atom stereocenters. The Balaban J connectivity index is 3.58. The first-order valence-corrected chi connectivity index (χ1v) is 3.60. The highest BCUT2D eigenvalue weighted by atomic mass is 19.3. The zero-order valence-corrected chi connectivity index (χ0v) is 7.15. The maximum Gasteiger partial charge on any atom is 0.297 e. The van der Waals surface area contributed by atoms with Crippen LogP contribution in [0.15, 0.2) is 6.20 Å². The maximum absolute atomic E-state index is 12.5. The van der Waals surface area contributed by atoms with Gasteiger partial charge in [0.15, 0.2) is 0 Å². The second-order valence-corrected chi connectivity index (χ2v) is 2.49. The average molecular weight is 214 g/mol. The van der Waals surface area contributed by atoms with Crippen molar-refractivity contribution < 1.29 is 13.7 Å². The number of aromatic nitrogens is 1. The first-order valence-electron chi connectivity index (χ1n) is 3.60. The molecule has 15 heavy (non-hydrogen) atoms. The minimum absolute atomic E-state index is 0.446. The summed E-state index contributed by atoms with van der Waals surface area (Å²) in [6, 6.07) is 1.37. The molecule has 0 saturated carbocycles. The third kappa shape index (κ3) is 1.80. The van der Waals surface area contributed by atoms with Crippen LogP contribution in [0.1, 0.15) is 17.6 Å². The maximum atomic E-state index is 12.5. The fourth-order valence-electron chi connectivity index (χ4n) is 1.01. The molecule has 0 saturated heterocycles. The smallest absolute Gasteiger partial charge is 0.297 e. The topological polar surface area (TPSA) is 106 Å². The number of alkyl halides is 2. The van der Waals surface area contributed by atoms with Crippen molar-refractivity contribution in [3.05, 3.63) is 27.4 Å². The van der Waals surface area contributed by atoms with Crippen molar-refractivity contribution in [2.75, 3.05) is 5.73 Å². The average Bonchev–Trinajstić information content (AvgIpc) is 2.16. The van der Waals surface area contributed by atoms with Gasteiger partial charge in [0.1, 0.15) is 29.2 Å². The number of anilines is 1. The summed E-state index contributed by atoms with van der Waals surface area (Å²) in [5.41, 5.74) is 2.60. The fraction of sp³-hybridized carbons (Fsp3) is 0.143. The molecule has 2 N–H and O–H groups in total. The number of rotatable bonds is 2. The van der Waals surface area contributed by atoms with Gasteiger partial charge in [-0.15, -0.1) is 0 Å². The Morgan fingerprint density at radius 1 is 1.67 bits per heavy atom. The standard InChI is InChI=1S/C7H4F2N4O2/c8-6(9)5-3(1-10)7(11)12-2-4(5)13(14)15/h2,6H,(H2,11,12). The van der Waals surface area contributed by atoms with Crippen LogP contribution in [-0.4, -0.2) is 9.91 Å². The highest BCUT2D eigenvalue weighted by Crippen LogP contribution is 2.33. The molecule has 78 valence electrons. The Kier molecular flexibility index (Phi) is 2.75. The van der Waals surface area contributed by atoms with Crippen LogP contribution in [0, 0.1) is 21.4 Å². The van der Waals surface area contributed by atoms with Gasteiger partial charge < -0.3 is 5.73 Å². The molecule has 0 aromatic carbocycles. The van der Waals surface area contributed by atoms with Gasteiger partial charge in [-0.25, -0.2) is 13.8 Å². The number of nitrogens with zero attached hydrogens (tertiary/aromatic N) is 3. The summed E-state index contributed by atoms with van der Waals surface area (Å²) >= 11 is 0. The largest absolute Gasteiger partial charge is 0.383 e. The van der Waals surface area contributed by atoms with Gasteiger partial charge in [0, 0.05) is 0 Å². The lowest BCUT2D eigenvalue weighted by atomic mass is 10.1. The predicted octanol–water partition coefficient (Wildman–Crippen LogP) is 1.38. The third-order valence-corrected chi connectivity index (χ3v) is 1.65. The molecule has 1 aromatic heterocycles. The first-order chi connectivity index (χ1) is 6.99. The van der Waals surface area contributed by atoms with Crippen molar-refractivity contribution in [3.8, 4) is 6.07 Å². The van der Waals surface area contributed by atoms with Gasteiger partial charge in [0.05, 0.1) is 4.92 Å². The zero-order chi connectivity index (χ0) is 11.6. The lowest BCUT2D eigenvalue weighted by Gasteiger charge is -2.04. The van der Waals surface area contributed by atoms with Gasteiger partial charge in [0.25, 0.3) is 12.1 Å². The van der Waals surface area contributed by atoms with Crippen LogP contribution in [0.2, 0.25) is 0 Å². The SMILES string of the molecule is N#Cc1c(N)ncc([N+](=O)[O-])c1C(F)F. The summed E-state index contributed by atoms with van der Waals surface area (Å²) in [6.45, 7) is 0. The summed E-state index contributed by atoms with van der Waals surface area (Å²) in [7, 11) is 0. The number of nitro groups is 1. The molecule has 1 heterocycles. The van der Waals surface area contributed by atoms with Crippen molar-refractivity contribution in [1.29, 1.82) is 5.26 Å². The van der Waals surface area contributed by atoms with Gasteiger partial charge >= 0.3 is 0 Å². The van der Waals surface area contributed by atoms with Crippen LogP contribution in [0.5, 0.6) is 0 Å². The van der Waals surface area contributed by atoms with E-state index in [0.29, 0.717) is 6.20 Å². The molecule has 0 radical (unpaired) electrons. The lowest BCUT2D eigenvalue weighted by Crippen LogP contribution is -2.04. The molecule has 0 aliphatic carbocycles. The van der Waals surface area contributed by atoms with Crippen molar-refractivity contribution in [2.24, 2.45) is 0 Å². The number of nitriles is 1. The van der Waals surface area contributed by atoms with E-state index in [0.717, 1.165) is 0 Å². The van der Waals surface area contributed by atoms with E-state index in [1.807, 2.05) is 0 Å². The Hall–Kier alpha value is -2.30. The van der Waals surface area contributed by atoms with E-state index in [1.165, 1.54) is 6.07 Å². The quantitative estimate of drug-likeness (QED) is 0.591. The third-order valence-electron chi connectivity index (χ3n) is 1.65. The van der Waals surface area contributed by atoms with Gasteiger partial charge in [-0.2, -0.15) is 5.26 Å². The molecule has 0 spiro atoms. The van der Waals surface area contributed by atoms with Gasteiger partial charge in [-0.05, 0) is 0 Å². The number of hydrogen-bond acceptors (Lipinski definition) is 5. The minimum atomic E-state index is -3.15.